The predicted octanol–water partition coefficient (Wildman–Crippen LogP) is 3.99. The second-order valence-electron chi connectivity index (χ2n) is 7.39. The normalized spacial score (nSPS) is 24.0. The van der Waals surface area contributed by atoms with Crippen LogP contribution in [0.15, 0.2) is 12.2 Å². The van der Waals surface area contributed by atoms with Gasteiger partial charge < -0.3 is 9.47 Å². The van der Waals surface area contributed by atoms with Crippen LogP contribution in [0, 0.1) is 29.6 Å². The number of hydrogen-bond acceptors (Lipinski definition) is 4. The average Bonchev–Trinajstić information content (AvgIpc) is 2.45. The lowest BCUT2D eigenvalue weighted by atomic mass is 9.76. The van der Waals surface area contributed by atoms with E-state index in [-0.39, 0.29) is 17.9 Å². The maximum atomic E-state index is 12.4. The molecule has 0 aromatic carbocycles. The zero-order chi connectivity index (χ0) is 17.4. The highest BCUT2D eigenvalue weighted by Crippen LogP contribution is 2.32. The number of carbonyl (C=O) groups is 2. The van der Waals surface area contributed by atoms with Gasteiger partial charge >= 0.3 is 11.9 Å². The smallest absolute Gasteiger partial charge is 0.313 e. The van der Waals surface area contributed by atoms with E-state index in [1.54, 1.807) is 0 Å². The van der Waals surface area contributed by atoms with Gasteiger partial charge in [0.2, 0.25) is 0 Å². The summed E-state index contributed by atoms with van der Waals surface area (Å²) in [6, 6.07) is 0. The van der Waals surface area contributed by atoms with E-state index < -0.39 is 11.8 Å². The molecule has 1 aliphatic rings. The molecule has 0 spiro atoms. The summed E-state index contributed by atoms with van der Waals surface area (Å²) in [5, 5.41) is 0. The quantitative estimate of drug-likeness (QED) is 0.500. The van der Waals surface area contributed by atoms with Gasteiger partial charge in [-0.3, -0.25) is 9.59 Å². The van der Waals surface area contributed by atoms with Crippen molar-refractivity contribution in [3.8, 4) is 0 Å². The fourth-order valence-electron chi connectivity index (χ4n) is 2.65. The van der Waals surface area contributed by atoms with Crippen LogP contribution in [-0.4, -0.2) is 25.2 Å². The molecule has 0 radical (unpaired) electrons. The van der Waals surface area contributed by atoms with E-state index in [2.05, 4.69) is 27.7 Å². The van der Waals surface area contributed by atoms with E-state index in [4.69, 9.17) is 9.47 Å². The summed E-state index contributed by atoms with van der Waals surface area (Å²) in [6.07, 6.45) is 6.25. The summed E-state index contributed by atoms with van der Waals surface area (Å²) < 4.78 is 10.8. The van der Waals surface area contributed by atoms with Gasteiger partial charge in [-0.25, -0.2) is 0 Å². The molecule has 1 rings (SSSR count). The van der Waals surface area contributed by atoms with Crippen LogP contribution in [-0.2, 0) is 19.1 Å². The first kappa shape index (κ1) is 19.7. The van der Waals surface area contributed by atoms with Crippen LogP contribution in [0.1, 0.15) is 53.9 Å². The van der Waals surface area contributed by atoms with E-state index in [0.29, 0.717) is 25.0 Å². The highest BCUT2D eigenvalue weighted by atomic mass is 16.5. The number of allylic oxidation sites excluding steroid dienone is 1. The molecule has 3 unspecified atom stereocenters. The van der Waals surface area contributed by atoms with E-state index >= 15 is 0 Å². The van der Waals surface area contributed by atoms with E-state index in [0.717, 1.165) is 19.3 Å². The molecule has 0 aliphatic heterocycles. The minimum atomic E-state index is -0.516. The Hall–Kier alpha value is -1.32. The highest BCUT2D eigenvalue weighted by Gasteiger charge is 2.39. The molecule has 0 N–H and O–H groups in total. The summed E-state index contributed by atoms with van der Waals surface area (Å²) in [7, 11) is 0. The third-order valence-electron chi connectivity index (χ3n) is 4.27. The molecule has 23 heavy (non-hydrogen) atoms. The van der Waals surface area contributed by atoms with Gasteiger partial charge in [-0.1, -0.05) is 46.8 Å². The largest absolute Gasteiger partial charge is 0.465 e. The Morgan fingerprint density at radius 3 is 2.04 bits per heavy atom. The Bertz CT molecular complexity index is 412. The summed E-state index contributed by atoms with van der Waals surface area (Å²) in [5.41, 5.74) is 0. The first-order valence-corrected chi connectivity index (χ1v) is 8.82. The summed E-state index contributed by atoms with van der Waals surface area (Å²) in [4.78, 5) is 24.8. The van der Waals surface area contributed by atoms with Crippen molar-refractivity contribution in [2.75, 3.05) is 13.2 Å². The Kier molecular flexibility index (Phi) is 8.35. The van der Waals surface area contributed by atoms with Gasteiger partial charge in [0.05, 0.1) is 25.0 Å². The predicted molar refractivity (Wildman–Crippen MR) is 90.7 cm³/mol. The fraction of sp³-hybridized carbons (Fsp3) is 0.789. The lowest BCUT2D eigenvalue weighted by Gasteiger charge is -2.30. The van der Waals surface area contributed by atoms with Crippen molar-refractivity contribution in [1.82, 2.24) is 0 Å². The molecule has 0 heterocycles. The van der Waals surface area contributed by atoms with Crippen LogP contribution in [0.3, 0.4) is 0 Å². The van der Waals surface area contributed by atoms with Gasteiger partial charge in [-0.05, 0) is 37.0 Å². The molecule has 0 amide bonds. The lowest BCUT2D eigenvalue weighted by Crippen LogP contribution is -2.37. The average molecular weight is 324 g/mol. The Labute approximate surface area is 140 Å². The van der Waals surface area contributed by atoms with Crippen LogP contribution in [0.4, 0.5) is 0 Å². The van der Waals surface area contributed by atoms with Crippen molar-refractivity contribution < 1.29 is 19.1 Å². The summed E-state index contributed by atoms with van der Waals surface area (Å²) >= 11 is 0. The fourth-order valence-corrected chi connectivity index (χ4v) is 2.65. The van der Waals surface area contributed by atoms with Gasteiger partial charge in [0, 0.05) is 0 Å². The lowest BCUT2D eigenvalue weighted by molar-refractivity contribution is -0.161. The maximum Gasteiger partial charge on any atom is 0.313 e. The van der Waals surface area contributed by atoms with Crippen molar-refractivity contribution in [1.29, 1.82) is 0 Å². The van der Waals surface area contributed by atoms with E-state index in [9.17, 15) is 9.59 Å². The third-order valence-corrected chi connectivity index (χ3v) is 4.27. The summed E-state index contributed by atoms with van der Waals surface area (Å²) in [5.74, 6) is -0.457. The molecule has 3 atom stereocenters. The first-order chi connectivity index (χ1) is 10.8. The molecule has 132 valence electrons. The third kappa shape index (κ3) is 6.76. The molecule has 1 aliphatic carbocycles. The van der Waals surface area contributed by atoms with Crippen molar-refractivity contribution in [3.63, 3.8) is 0 Å². The van der Waals surface area contributed by atoms with Crippen molar-refractivity contribution in [2.24, 2.45) is 29.6 Å². The SMILES string of the molecule is CC(C)CCOC(=O)C1C=CCC(C)C1C(=O)OCCC(C)C. The molecule has 0 saturated carbocycles. The van der Waals surface area contributed by atoms with Crippen LogP contribution < -0.4 is 0 Å². The molecule has 4 heteroatoms. The van der Waals surface area contributed by atoms with Crippen LogP contribution in [0.5, 0.6) is 0 Å². The Morgan fingerprint density at radius 2 is 1.52 bits per heavy atom. The topological polar surface area (TPSA) is 52.6 Å². The van der Waals surface area contributed by atoms with Crippen molar-refractivity contribution >= 4 is 11.9 Å². The Morgan fingerprint density at radius 1 is 1.00 bits per heavy atom. The van der Waals surface area contributed by atoms with Crippen LogP contribution in [0.2, 0.25) is 0 Å². The van der Waals surface area contributed by atoms with Crippen molar-refractivity contribution in [2.45, 2.75) is 53.9 Å². The van der Waals surface area contributed by atoms with Crippen molar-refractivity contribution in [3.05, 3.63) is 12.2 Å². The molecule has 0 aromatic rings. The summed E-state index contributed by atoms with van der Waals surface area (Å²) in [6.45, 7) is 11.2. The van der Waals surface area contributed by atoms with Crippen LogP contribution in [0.25, 0.3) is 0 Å². The minimum Gasteiger partial charge on any atom is -0.465 e. The van der Waals surface area contributed by atoms with Crippen LogP contribution >= 0.6 is 0 Å². The second-order valence-corrected chi connectivity index (χ2v) is 7.39. The molecule has 0 fully saturated rings. The number of rotatable bonds is 8. The number of hydrogen-bond donors (Lipinski definition) is 0. The molecular weight excluding hydrogens is 292 g/mol. The Balaban J connectivity index is 2.63. The molecule has 0 aromatic heterocycles. The number of ether oxygens (including phenoxy) is 2. The number of esters is 2. The van der Waals surface area contributed by atoms with Gasteiger partial charge in [0.15, 0.2) is 0 Å². The molecule has 4 nitrogen and oxygen atoms in total. The minimum absolute atomic E-state index is 0.0919. The number of carbonyl (C=O) groups excluding carboxylic acids is 2. The second kappa shape index (κ2) is 9.74. The standard InChI is InChI=1S/C19H32O4/c1-13(2)9-11-22-18(20)16-8-6-7-15(5)17(16)19(21)23-12-10-14(3)4/h6,8,13-17H,7,9-12H2,1-5H3. The zero-order valence-corrected chi connectivity index (χ0v) is 15.2. The van der Waals surface area contributed by atoms with Gasteiger partial charge in [0.25, 0.3) is 0 Å². The highest BCUT2D eigenvalue weighted by molar-refractivity contribution is 5.84. The molecular formula is C19H32O4. The first-order valence-electron chi connectivity index (χ1n) is 8.82. The van der Waals surface area contributed by atoms with Gasteiger partial charge in [-0.2, -0.15) is 0 Å². The van der Waals surface area contributed by atoms with E-state index in [1.807, 2.05) is 19.1 Å². The van der Waals surface area contributed by atoms with E-state index in [1.165, 1.54) is 0 Å². The zero-order valence-electron chi connectivity index (χ0n) is 15.2. The molecule has 0 saturated heterocycles. The molecule has 0 bridgehead atoms. The monoisotopic (exact) mass is 324 g/mol. The van der Waals surface area contributed by atoms with Gasteiger partial charge in [-0.15, -0.1) is 0 Å². The maximum absolute atomic E-state index is 12.4. The van der Waals surface area contributed by atoms with Gasteiger partial charge in [0.1, 0.15) is 0 Å².